The summed E-state index contributed by atoms with van der Waals surface area (Å²) in [4.78, 5) is 15.2. The summed E-state index contributed by atoms with van der Waals surface area (Å²) in [5.74, 6) is -1.27. The molecule has 1 N–H and O–H groups in total. The summed E-state index contributed by atoms with van der Waals surface area (Å²) in [5.41, 5.74) is 3.48. The second-order valence-electron chi connectivity index (χ2n) is 5.11. The molecule has 0 saturated heterocycles. The third-order valence-corrected chi connectivity index (χ3v) is 3.57. The lowest BCUT2D eigenvalue weighted by Gasteiger charge is -2.06. The first kappa shape index (κ1) is 14.9. The van der Waals surface area contributed by atoms with Crippen molar-refractivity contribution in [2.45, 2.75) is 6.42 Å². The fraction of sp³-hybridized carbons (Fsp3) is 0.118. The number of nitrogens with zero attached hydrogens (tertiary/aromatic N) is 3. The molecule has 0 aliphatic heterocycles. The summed E-state index contributed by atoms with van der Waals surface area (Å²) in [6, 6.07) is 9.58. The second kappa shape index (κ2) is 6.00. The maximum Gasteiger partial charge on any atom is 0.309 e. The van der Waals surface area contributed by atoms with Crippen LogP contribution in [0.15, 0.2) is 48.8 Å². The highest BCUT2D eigenvalue weighted by Crippen LogP contribution is 2.34. The molecule has 2 heterocycles. The van der Waals surface area contributed by atoms with Crippen molar-refractivity contribution in [3.8, 4) is 22.4 Å². The molecule has 0 unspecified atom stereocenters. The van der Waals surface area contributed by atoms with Gasteiger partial charge >= 0.3 is 5.97 Å². The number of pyridine rings is 1. The molecule has 6 heteroatoms. The number of hydrogen-bond acceptors (Lipinski definition) is 3. The number of aryl methyl sites for hydroxylation is 1. The molecule has 2 aromatic heterocycles. The van der Waals surface area contributed by atoms with E-state index in [1.54, 1.807) is 48.4 Å². The number of aliphatic carboxylic acids is 1. The van der Waals surface area contributed by atoms with Crippen LogP contribution in [0.1, 0.15) is 5.69 Å². The van der Waals surface area contributed by atoms with E-state index in [0.29, 0.717) is 11.4 Å². The van der Waals surface area contributed by atoms with Crippen LogP contribution in [0.25, 0.3) is 22.4 Å². The third-order valence-electron chi connectivity index (χ3n) is 3.57. The SMILES string of the molecule is Cn1nc(-c2ccc(F)cc2)c(-c2ccncc2)c1CC(=O)O. The number of carboxylic acid groups (broad SMARTS) is 1. The minimum atomic E-state index is -0.936. The molecule has 0 radical (unpaired) electrons. The zero-order valence-corrected chi connectivity index (χ0v) is 12.4. The van der Waals surface area contributed by atoms with Gasteiger partial charge in [-0.3, -0.25) is 14.5 Å². The monoisotopic (exact) mass is 311 g/mol. The van der Waals surface area contributed by atoms with E-state index in [2.05, 4.69) is 10.1 Å². The fourth-order valence-corrected chi connectivity index (χ4v) is 2.54. The van der Waals surface area contributed by atoms with Crippen molar-refractivity contribution in [1.82, 2.24) is 14.8 Å². The molecular weight excluding hydrogens is 297 g/mol. The summed E-state index contributed by atoms with van der Waals surface area (Å²) >= 11 is 0. The molecular formula is C17H14FN3O2. The van der Waals surface area contributed by atoms with Crippen molar-refractivity contribution in [2.24, 2.45) is 7.05 Å². The molecule has 0 amide bonds. The highest BCUT2D eigenvalue weighted by atomic mass is 19.1. The molecule has 116 valence electrons. The Morgan fingerprint density at radius 3 is 2.39 bits per heavy atom. The van der Waals surface area contributed by atoms with Gasteiger partial charge in [0.05, 0.1) is 12.1 Å². The molecule has 0 aliphatic rings. The van der Waals surface area contributed by atoms with Crippen LogP contribution in [0.3, 0.4) is 0 Å². The highest BCUT2D eigenvalue weighted by molar-refractivity contribution is 5.85. The molecule has 1 aromatic carbocycles. The van der Waals surface area contributed by atoms with E-state index in [0.717, 1.165) is 16.7 Å². The summed E-state index contributed by atoms with van der Waals surface area (Å²) in [5, 5.41) is 13.6. The first-order valence-electron chi connectivity index (χ1n) is 7.00. The quantitative estimate of drug-likeness (QED) is 0.804. The molecule has 0 atom stereocenters. The molecule has 0 bridgehead atoms. The van der Waals surface area contributed by atoms with Crippen LogP contribution in [-0.4, -0.2) is 25.8 Å². The summed E-state index contributed by atoms with van der Waals surface area (Å²) in [6.07, 6.45) is 3.13. The fourth-order valence-electron chi connectivity index (χ4n) is 2.54. The first-order chi connectivity index (χ1) is 11.1. The number of carbonyl (C=O) groups is 1. The summed E-state index contributed by atoms with van der Waals surface area (Å²) in [6.45, 7) is 0. The maximum atomic E-state index is 13.2. The molecule has 0 saturated carbocycles. The largest absolute Gasteiger partial charge is 0.481 e. The van der Waals surface area contributed by atoms with Crippen LogP contribution >= 0.6 is 0 Å². The number of carboxylic acids is 1. The maximum absolute atomic E-state index is 13.2. The van der Waals surface area contributed by atoms with Gasteiger partial charge in [0, 0.05) is 30.6 Å². The average molecular weight is 311 g/mol. The third kappa shape index (κ3) is 2.96. The van der Waals surface area contributed by atoms with Crippen molar-refractivity contribution < 1.29 is 14.3 Å². The standard InChI is InChI=1S/C17H14FN3O2/c1-21-14(10-15(22)23)16(11-6-8-19-9-7-11)17(20-21)12-2-4-13(18)5-3-12/h2-9H,10H2,1H3,(H,22,23). The Balaban J connectivity index is 2.23. The van der Waals surface area contributed by atoms with Crippen LogP contribution in [-0.2, 0) is 18.3 Å². The van der Waals surface area contributed by atoms with Crippen LogP contribution in [0.4, 0.5) is 4.39 Å². The van der Waals surface area contributed by atoms with Gasteiger partial charge < -0.3 is 5.11 Å². The molecule has 0 fully saturated rings. The van der Waals surface area contributed by atoms with Crippen molar-refractivity contribution >= 4 is 5.97 Å². The number of hydrogen-bond donors (Lipinski definition) is 1. The number of halogens is 1. The predicted octanol–water partition coefficient (Wildman–Crippen LogP) is 2.92. The van der Waals surface area contributed by atoms with Gasteiger partial charge in [-0.05, 0) is 42.0 Å². The van der Waals surface area contributed by atoms with Gasteiger partial charge in [0.15, 0.2) is 0 Å². The zero-order valence-electron chi connectivity index (χ0n) is 12.4. The van der Waals surface area contributed by atoms with Crippen molar-refractivity contribution in [3.63, 3.8) is 0 Å². The Bertz CT molecular complexity index is 842. The van der Waals surface area contributed by atoms with Crippen LogP contribution in [0.5, 0.6) is 0 Å². The van der Waals surface area contributed by atoms with E-state index >= 15 is 0 Å². The Morgan fingerprint density at radius 1 is 1.13 bits per heavy atom. The zero-order chi connectivity index (χ0) is 16.4. The van der Waals surface area contributed by atoms with Crippen molar-refractivity contribution in [3.05, 3.63) is 60.3 Å². The van der Waals surface area contributed by atoms with Gasteiger partial charge in [-0.15, -0.1) is 0 Å². The average Bonchev–Trinajstić information content (AvgIpc) is 2.85. The predicted molar refractivity (Wildman–Crippen MR) is 83.2 cm³/mol. The van der Waals surface area contributed by atoms with E-state index in [1.165, 1.54) is 12.1 Å². The van der Waals surface area contributed by atoms with Crippen molar-refractivity contribution in [1.29, 1.82) is 0 Å². The second-order valence-corrected chi connectivity index (χ2v) is 5.11. The first-order valence-corrected chi connectivity index (χ1v) is 7.00. The Hall–Kier alpha value is -3.02. The van der Waals surface area contributed by atoms with E-state index in [9.17, 15) is 14.3 Å². The summed E-state index contributed by atoms with van der Waals surface area (Å²) < 4.78 is 14.7. The normalized spacial score (nSPS) is 10.7. The van der Waals surface area contributed by atoms with Crippen LogP contribution < -0.4 is 0 Å². The molecule has 0 aliphatic carbocycles. The van der Waals surface area contributed by atoms with E-state index in [4.69, 9.17) is 0 Å². The Morgan fingerprint density at radius 2 is 1.78 bits per heavy atom. The van der Waals surface area contributed by atoms with Gasteiger partial charge in [-0.1, -0.05) is 0 Å². The minimum Gasteiger partial charge on any atom is -0.481 e. The molecule has 5 nitrogen and oxygen atoms in total. The molecule has 3 rings (SSSR count). The number of aromatic nitrogens is 3. The van der Waals surface area contributed by atoms with Gasteiger partial charge in [0.1, 0.15) is 11.5 Å². The lowest BCUT2D eigenvalue weighted by Crippen LogP contribution is -2.07. The smallest absolute Gasteiger partial charge is 0.309 e. The van der Waals surface area contributed by atoms with Crippen LogP contribution in [0.2, 0.25) is 0 Å². The number of rotatable bonds is 4. The molecule has 23 heavy (non-hydrogen) atoms. The highest BCUT2D eigenvalue weighted by Gasteiger charge is 2.21. The van der Waals surface area contributed by atoms with Gasteiger partial charge in [0.25, 0.3) is 0 Å². The molecule has 0 spiro atoms. The topological polar surface area (TPSA) is 68.0 Å². The van der Waals surface area contributed by atoms with Gasteiger partial charge in [-0.2, -0.15) is 5.10 Å². The lowest BCUT2D eigenvalue weighted by molar-refractivity contribution is -0.136. The van der Waals surface area contributed by atoms with Crippen LogP contribution in [0, 0.1) is 5.82 Å². The Labute approximate surface area is 132 Å². The van der Waals surface area contributed by atoms with E-state index in [-0.39, 0.29) is 12.2 Å². The summed E-state index contributed by atoms with van der Waals surface area (Å²) in [7, 11) is 1.70. The van der Waals surface area contributed by atoms with Gasteiger partial charge in [0.2, 0.25) is 0 Å². The molecule has 3 aromatic rings. The number of benzene rings is 1. The van der Waals surface area contributed by atoms with Gasteiger partial charge in [-0.25, -0.2) is 4.39 Å². The minimum absolute atomic E-state index is 0.150. The Kier molecular flexibility index (Phi) is 3.89. The van der Waals surface area contributed by atoms with Crippen molar-refractivity contribution in [2.75, 3.05) is 0 Å². The lowest BCUT2D eigenvalue weighted by atomic mass is 9.98. The van der Waals surface area contributed by atoms with E-state index in [1.807, 2.05) is 0 Å². The van der Waals surface area contributed by atoms with E-state index < -0.39 is 5.97 Å².